The van der Waals surface area contributed by atoms with Crippen molar-refractivity contribution in [3.05, 3.63) is 0 Å². The Morgan fingerprint density at radius 3 is 1.91 bits per heavy atom. The third-order valence-corrected chi connectivity index (χ3v) is 0.840. The van der Waals surface area contributed by atoms with Crippen molar-refractivity contribution in [2.24, 2.45) is 0 Å². The first-order valence-electron chi connectivity index (χ1n) is 3.81. The van der Waals surface area contributed by atoms with Crippen LogP contribution in [-0.2, 0) is 14.3 Å². The van der Waals surface area contributed by atoms with Gasteiger partial charge in [-0.1, -0.05) is 6.92 Å². The molecule has 0 unspecified atom stereocenters. The third kappa shape index (κ3) is 26.5. The minimum Gasteiger partial charge on any atom is -0.469 e. The molecule has 3 nitrogen and oxygen atoms in total. The lowest BCUT2D eigenvalue weighted by Gasteiger charge is -1.91. The van der Waals surface area contributed by atoms with Crippen molar-refractivity contribution in [2.45, 2.75) is 27.2 Å². The molecular weight excluding hydrogens is 144 g/mol. The number of carbonyl (C=O) groups is 1. The van der Waals surface area contributed by atoms with E-state index in [4.69, 9.17) is 4.74 Å². The minimum absolute atomic E-state index is 0.245. The standard InChI is InChI=1S/C5H12O.C3H6O2/c1-3-5-6-4-2;1-3(4)5-2/h3-5H2,1-2H3;1-2H3. The first kappa shape index (κ1) is 13.1. The topological polar surface area (TPSA) is 35.5 Å². The van der Waals surface area contributed by atoms with Gasteiger partial charge in [-0.15, -0.1) is 0 Å². The molecule has 0 atom stereocenters. The smallest absolute Gasteiger partial charge is 0.302 e. The predicted octanol–water partition coefficient (Wildman–Crippen LogP) is 1.61. The third-order valence-electron chi connectivity index (χ3n) is 0.840. The molecule has 0 amide bonds. The Bertz CT molecular complexity index is 77.4. The quantitative estimate of drug-likeness (QED) is 0.467. The summed E-state index contributed by atoms with van der Waals surface area (Å²) in [5, 5.41) is 0. The van der Waals surface area contributed by atoms with Crippen LogP contribution < -0.4 is 0 Å². The van der Waals surface area contributed by atoms with Crippen LogP contribution in [0.15, 0.2) is 0 Å². The lowest BCUT2D eigenvalue weighted by Crippen LogP contribution is -1.88. The fourth-order valence-corrected chi connectivity index (χ4v) is 0.289. The van der Waals surface area contributed by atoms with Crippen LogP contribution in [0.25, 0.3) is 0 Å². The Labute approximate surface area is 68.7 Å². The largest absolute Gasteiger partial charge is 0.469 e. The summed E-state index contributed by atoms with van der Waals surface area (Å²) in [6.45, 7) is 7.25. The Morgan fingerprint density at radius 1 is 1.36 bits per heavy atom. The SMILES string of the molecule is CCCOCC.COC(C)=O. The van der Waals surface area contributed by atoms with Crippen LogP contribution in [0.5, 0.6) is 0 Å². The van der Waals surface area contributed by atoms with Gasteiger partial charge in [0.1, 0.15) is 0 Å². The van der Waals surface area contributed by atoms with Gasteiger partial charge in [0.2, 0.25) is 0 Å². The molecule has 0 rings (SSSR count). The number of esters is 1. The zero-order chi connectivity index (χ0) is 9.11. The molecule has 3 heteroatoms. The summed E-state index contributed by atoms with van der Waals surface area (Å²) in [5.74, 6) is -0.245. The van der Waals surface area contributed by atoms with Crippen LogP contribution in [0, 0.1) is 0 Å². The van der Waals surface area contributed by atoms with E-state index in [0.29, 0.717) is 0 Å². The first-order chi connectivity index (χ1) is 5.18. The summed E-state index contributed by atoms with van der Waals surface area (Å²) in [6, 6.07) is 0. The monoisotopic (exact) mass is 162 g/mol. The minimum atomic E-state index is -0.245. The highest BCUT2D eigenvalue weighted by atomic mass is 16.5. The second-order valence-corrected chi connectivity index (χ2v) is 1.89. The van der Waals surface area contributed by atoms with Crippen LogP contribution in [0.4, 0.5) is 0 Å². The molecule has 0 spiro atoms. The highest BCUT2D eigenvalue weighted by molar-refractivity contribution is 5.65. The highest BCUT2D eigenvalue weighted by Crippen LogP contribution is 1.75. The van der Waals surface area contributed by atoms with Gasteiger partial charge in [-0.25, -0.2) is 0 Å². The van der Waals surface area contributed by atoms with E-state index in [-0.39, 0.29) is 5.97 Å². The lowest BCUT2D eigenvalue weighted by atomic mass is 10.5. The highest BCUT2D eigenvalue weighted by Gasteiger charge is 1.75. The van der Waals surface area contributed by atoms with Gasteiger partial charge in [0.25, 0.3) is 0 Å². The summed E-state index contributed by atoms with van der Waals surface area (Å²) in [6.07, 6.45) is 1.13. The molecule has 0 aromatic carbocycles. The van der Waals surface area contributed by atoms with Crippen molar-refractivity contribution >= 4 is 5.97 Å². The van der Waals surface area contributed by atoms with Crippen molar-refractivity contribution in [3.8, 4) is 0 Å². The maximum absolute atomic E-state index is 9.59. The predicted molar refractivity (Wildman–Crippen MR) is 44.5 cm³/mol. The summed E-state index contributed by atoms with van der Waals surface area (Å²) < 4.78 is 9.09. The number of hydrogen-bond donors (Lipinski definition) is 0. The number of methoxy groups -OCH3 is 1. The molecule has 0 saturated carbocycles. The van der Waals surface area contributed by atoms with Crippen molar-refractivity contribution in [2.75, 3.05) is 20.3 Å². The first-order valence-corrected chi connectivity index (χ1v) is 3.81. The van der Waals surface area contributed by atoms with Crippen molar-refractivity contribution < 1.29 is 14.3 Å². The Morgan fingerprint density at radius 2 is 1.82 bits per heavy atom. The summed E-state index contributed by atoms with van der Waals surface area (Å²) in [7, 11) is 1.35. The van der Waals surface area contributed by atoms with Gasteiger partial charge >= 0.3 is 5.97 Å². The van der Waals surface area contributed by atoms with E-state index in [1.807, 2.05) is 6.92 Å². The Balaban J connectivity index is 0. The van der Waals surface area contributed by atoms with Gasteiger partial charge in [0, 0.05) is 20.1 Å². The fourth-order valence-electron chi connectivity index (χ4n) is 0.289. The molecule has 0 aliphatic rings. The van der Waals surface area contributed by atoms with Crippen molar-refractivity contribution in [1.29, 1.82) is 0 Å². The van der Waals surface area contributed by atoms with Gasteiger partial charge in [-0.2, -0.15) is 0 Å². The van der Waals surface area contributed by atoms with Crippen LogP contribution >= 0.6 is 0 Å². The lowest BCUT2D eigenvalue weighted by molar-refractivity contribution is -0.137. The number of carbonyl (C=O) groups excluding carboxylic acids is 1. The van der Waals surface area contributed by atoms with Crippen molar-refractivity contribution in [1.82, 2.24) is 0 Å². The van der Waals surface area contributed by atoms with Gasteiger partial charge in [-0.05, 0) is 13.3 Å². The molecule has 0 fully saturated rings. The fraction of sp³-hybridized carbons (Fsp3) is 0.875. The van der Waals surface area contributed by atoms with Gasteiger partial charge < -0.3 is 9.47 Å². The maximum atomic E-state index is 9.59. The van der Waals surface area contributed by atoms with Gasteiger partial charge in [0.05, 0.1) is 7.11 Å². The molecule has 0 aromatic rings. The summed E-state index contributed by atoms with van der Waals surface area (Å²) >= 11 is 0. The molecule has 0 aromatic heterocycles. The average molecular weight is 162 g/mol. The van der Waals surface area contributed by atoms with E-state index in [1.54, 1.807) is 0 Å². The molecule has 0 aliphatic carbocycles. The van der Waals surface area contributed by atoms with Gasteiger partial charge in [0.15, 0.2) is 0 Å². The summed E-state index contributed by atoms with van der Waals surface area (Å²) in [5.41, 5.74) is 0. The van der Waals surface area contributed by atoms with E-state index in [2.05, 4.69) is 11.7 Å². The van der Waals surface area contributed by atoms with Crippen LogP contribution in [0.1, 0.15) is 27.2 Å². The molecule has 0 aliphatic heterocycles. The molecule has 0 radical (unpaired) electrons. The molecule has 0 N–H and O–H groups in total. The number of ether oxygens (including phenoxy) is 2. The van der Waals surface area contributed by atoms with E-state index in [1.165, 1.54) is 14.0 Å². The van der Waals surface area contributed by atoms with Crippen LogP contribution in [-0.4, -0.2) is 26.3 Å². The zero-order valence-corrected chi connectivity index (χ0v) is 7.85. The van der Waals surface area contributed by atoms with E-state index in [0.717, 1.165) is 19.6 Å². The second-order valence-electron chi connectivity index (χ2n) is 1.89. The van der Waals surface area contributed by atoms with E-state index < -0.39 is 0 Å². The van der Waals surface area contributed by atoms with Crippen molar-refractivity contribution in [3.63, 3.8) is 0 Å². The molecule has 11 heavy (non-hydrogen) atoms. The Hall–Kier alpha value is -0.570. The van der Waals surface area contributed by atoms with E-state index >= 15 is 0 Å². The zero-order valence-electron chi connectivity index (χ0n) is 7.85. The van der Waals surface area contributed by atoms with Crippen LogP contribution in [0.2, 0.25) is 0 Å². The summed E-state index contributed by atoms with van der Waals surface area (Å²) in [4.78, 5) is 9.59. The molecule has 0 saturated heterocycles. The Kier molecular flexibility index (Phi) is 14.4. The molecular formula is C8H18O3. The second kappa shape index (κ2) is 12.1. The van der Waals surface area contributed by atoms with Crippen LogP contribution in [0.3, 0.4) is 0 Å². The number of rotatable bonds is 3. The van der Waals surface area contributed by atoms with E-state index in [9.17, 15) is 4.79 Å². The molecule has 0 bridgehead atoms. The normalized spacial score (nSPS) is 8.00. The maximum Gasteiger partial charge on any atom is 0.302 e. The number of hydrogen-bond acceptors (Lipinski definition) is 3. The molecule has 0 heterocycles. The molecule has 68 valence electrons. The average Bonchev–Trinajstić information content (AvgIpc) is 2.02. The van der Waals surface area contributed by atoms with Gasteiger partial charge in [-0.3, -0.25) is 4.79 Å².